The van der Waals surface area contributed by atoms with Crippen LogP contribution in [0, 0.1) is 5.92 Å². The number of amides is 2. The van der Waals surface area contributed by atoms with Crippen LogP contribution in [0.15, 0.2) is 140 Å². The minimum absolute atomic E-state index is 0.0129. The smallest absolute Gasteiger partial charge is 0.261 e. The molecule has 2 aliphatic heterocycles. The maximum atomic E-state index is 13.2. The van der Waals surface area contributed by atoms with E-state index >= 15 is 0 Å². The zero-order valence-corrected chi connectivity index (χ0v) is 30.8. The van der Waals surface area contributed by atoms with Crippen LogP contribution in [0.1, 0.15) is 80.8 Å². The van der Waals surface area contributed by atoms with E-state index in [-0.39, 0.29) is 49.1 Å². The number of hydrogen-bond acceptors (Lipinski definition) is 6. The molecule has 0 saturated carbocycles. The minimum Gasteiger partial charge on any atom is -0.392 e. The van der Waals surface area contributed by atoms with E-state index in [1.165, 1.54) is 21.2 Å². The van der Waals surface area contributed by atoms with Gasteiger partial charge in [0.25, 0.3) is 11.8 Å². The summed E-state index contributed by atoms with van der Waals surface area (Å²) in [7, 11) is 2.15. The fourth-order valence-electron chi connectivity index (χ4n) is 7.80. The second-order valence-corrected chi connectivity index (χ2v) is 14.6. The number of carbonyl (C=O) groups excluding carboxylic acids is 2. The first-order valence-electron chi connectivity index (χ1n) is 18.6. The van der Waals surface area contributed by atoms with Crippen molar-refractivity contribution in [2.75, 3.05) is 13.6 Å². The number of aliphatic hydroxyl groups excluding tert-OH is 1. The first kappa shape index (κ1) is 35.6. The third kappa shape index (κ3) is 6.88. The summed E-state index contributed by atoms with van der Waals surface area (Å²) < 4.78 is 13.6. The lowest BCUT2D eigenvalue weighted by atomic mass is 9.89. The van der Waals surface area contributed by atoms with E-state index in [4.69, 9.17) is 9.47 Å². The normalized spacial score (nSPS) is 20.4. The number of carbonyl (C=O) groups is 2. The molecule has 1 saturated heterocycles. The number of nitrogens with zero attached hydrogens (tertiary/aromatic N) is 2. The van der Waals surface area contributed by atoms with Crippen molar-refractivity contribution in [2.24, 2.45) is 5.92 Å². The van der Waals surface area contributed by atoms with Crippen molar-refractivity contribution in [1.82, 2.24) is 9.80 Å². The Morgan fingerprint density at radius 1 is 0.704 bits per heavy atom. The summed E-state index contributed by atoms with van der Waals surface area (Å²) in [6, 6.07) is 46.3. The van der Waals surface area contributed by atoms with Crippen LogP contribution in [0.25, 0.3) is 21.9 Å². The summed E-state index contributed by atoms with van der Waals surface area (Å²) in [6.45, 7) is 5.29. The van der Waals surface area contributed by atoms with E-state index in [0.717, 1.165) is 33.4 Å². The Morgan fingerprint density at radius 2 is 1.31 bits per heavy atom. The third-order valence-electron chi connectivity index (χ3n) is 11.2. The molecule has 0 radical (unpaired) electrons. The predicted octanol–water partition coefficient (Wildman–Crippen LogP) is 9.28. The van der Waals surface area contributed by atoms with E-state index in [2.05, 4.69) is 80.4 Å². The van der Waals surface area contributed by atoms with Crippen molar-refractivity contribution < 1.29 is 24.2 Å². The van der Waals surface area contributed by atoms with Gasteiger partial charge in [0.2, 0.25) is 0 Å². The molecule has 2 heterocycles. The van der Waals surface area contributed by atoms with E-state index in [1.54, 1.807) is 24.3 Å². The molecule has 0 spiro atoms. The monoisotopic (exact) mass is 716 g/mol. The molecular weight excluding hydrogens is 673 g/mol. The third-order valence-corrected chi connectivity index (χ3v) is 11.2. The Kier molecular flexibility index (Phi) is 9.97. The molecule has 6 aromatic rings. The topological polar surface area (TPSA) is 79.3 Å². The van der Waals surface area contributed by atoms with Crippen LogP contribution in [0.4, 0.5) is 0 Å². The Morgan fingerprint density at radius 3 is 2.00 bits per heavy atom. The Bertz CT molecular complexity index is 2270. The van der Waals surface area contributed by atoms with Crippen molar-refractivity contribution in [3.8, 4) is 11.1 Å². The largest absolute Gasteiger partial charge is 0.392 e. The number of aliphatic hydroxyl groups is 1. The standard InChI is InChI=1S/C47H44N2O5/c1-30-43(28-48(3)31(2)37-25-20-33-10-4-5-11-38(33)26-37)53-47(54-44(30)35-18-16-32(29-50)17-19-35)36-23-21-34(22-24-36)40-13-7-6-12-39(40)27-49-45(51)41-14-8-9-15-42(41)46(49)52/h4-26,30-31,43-44,47,50H,27-29H2,1-3H3/t30-,31-,43+,44+,47+/m1/s1. The van der Waals surface area contributed by atoms with Gasteiger partial charge >= 0.3 is 0 Å². The SMILES string of the molecule is C[C@@H]1[C@H](CN(C)[C@H](C)c2ccc3ccccc3c2)O[C@H](c2ccc(-c3ccccc3CN3C(=O)c4ccccc4C3=O)cc2)O[C@@H]1c1ccc(CO)cc1. The highest BCUT2D eigenvalue weighted by molar-refractivity contribution is 6.21. The lowest BCUT2D eigenvalue weighted by Crippen LogP contribution is -2.44. The van der Waals surface area contributed by atoms with Crippen LogP contribution >= 0.6 is 0 Å². The summed E-state index contributed by atoms with van der Waals surface area (Å²) in [5, 5.41) is 12.1. The minimum atomic E-state index is -0.610. The van der Waals surface area contributed by atoms with Gasteiger partial charge in [-0.05, 0) is 76.3 Å². The van der Waals surface area contributed by atoms with E-state index in [0.29, 0.717) is 17.7 Å². The Labute approximate surface area is 316 Å². The predicted molar refractivity (Wildman–Crippen MR) is 210 cm³/mol. The fourth-order valence-corrected chi connectivity index (χ4v) is 7.80. The molecule has 0 bridgehead atoms. The van der Waals surface area contributed by atoms with Crippen molar-refractivity contribution in [1.29, 1.82) is 0 Å². The highest BCUT2D eigenvalue weighted by atomic mass is 16.7. The molecule has 7 nitrogen and oxygen atoms in total. The first-order chi connectivity index (χ1) is 26.3. The van der Waals surface area contributed by atoms with Gasteiger partial charge in [0, 0.05) is 24.1 Å². The van der Waals surface area contributed by atoms with Crippen molar-refractivity contribution in [3.05, 3.63) is 178 Å². The first-order valence-corrected chi connectivity index (χ1v) is 18.6. The molecule has 8 rings (SSSR count). The number of hydrogen-bond donors (Lipinski definition) is 1. The maximum Gasteiger partial charge on any atom is 0.261 e. The van der Waals surface area contributed by atoms with Crippen molar-refractivity contribution in [3.63, 3.8) is 0 Å². The maximum absolute atomic E-state index is 13.2. The molecule has 6 aromatic carbocycles. The van der Waals surface area contributed by atoms with Crippen LogP contribution in [0.5, 0.6) is 0 Å². The molecule has 2 aliphatic rings. The average molecular weight is 717 g/mol. The molecule has 0 aromatic heterocycles. The summed E-state index contributed by atoms with van der Waals surface area (Å²) in [5.74, 6) is -0.497. The van der Waals surface area contributed by atoms with Crippen molar-refractivity contribution >= 4 is 22.6 Å². The van der Waals surface area contributed by atoms with Gasteiger partial charge in [0.1, 0.15) is 0 Å². The zero-order valence-electron chi connectivity index (χ0n) is 30.8. The van der Waals surface area contributed by atoms with Crippen LogP contribution in [-0.2, 0) is 22.6 Å². The van der Waals surface area contributed by atoms with Crippen LogP contribution in [0.2, 0.25) is 0 Å². The zero-order chi connectivity index (χ0) is 37.3. The molecule has 54 heavy (non-hydrogen) atoms. The number of benzene rings is 6. The van der Waals surface area contributed by atoms with Crippen LogP contribution in [0.3, 0.4) is 0 Å². The molecule has 272 valence electrons. The van der Waals surface area contributed by atoms with Gasteiger partial charge in [0.05, 0.1) is 36.5 Å². The van der Waals surface area contributed by atoms with Gasteiger partial charge in [-0.2, -0.15) is 0 Å². The van der Waals surface area contributed by atoms with Gasteiger partial charge in [-0.1, -0.05) is 128 Å². The fraction of sp³-hybridized carbons (Fsp3) is 0.234. The molecule has 1 N–H and O–H groups in total. The molecular formula is C47H44N2O5. The highest BCUT2D eigenvalue weighted by Crippen LogP contribution is 2.43. The Hall–Kier alpha value is -5.44. The molecule has 5 atom stereocenters. The average Bonchev–Trinajstić information content (AvgIpc) is 3.46. The number of rotatable bonds is 10. The Balaban J connectivity index is 1.04. The van der Waals surface area contributed by atoms with Crippen LogP contribution < -0.4 is 0 Å². The number of ether oxygens (including phenoxy) is 2. The van der Waals surface area contributed by atoms with Gasteiger partial charge in [-0.3, -0.25) is 19.4 Å². The molecule has 2 amide bonds. The summed E-state index contributed by atoms with van der Waals surface area (Å²) in [5.41, 5.74) is 7.74. The number of fused-ring (bicyclic) bond motifs is 2. The highest BCUT2D eigenvalue weighted by Gasteiger charge is 2.39. The van der Waals surface area contributed by atoms with E-state index < -0.39 is 6.29 Å². The van der Waals surface area contributed by atoms with Gasteiger partial charge < -0.3 is 14.6 Å². The van der Waals surface area contributed by atoms with Crippen LogP contribution in [-0.4, -0.2) is 46.4 Å². The number of likely N-dealkylation sites (N-methyl/N-ethyl adjacent to an activating group) is 1. The summed E-state index contributed by atoms with van der Waals surface area (Å²) in [6.07, 6.45) is -0.981. The quantitative estimate of drug-likeness (QED) is 0.143. The summed E-state index contributed by atoms with van der Waals surface area (Å²) >= 11 is 0. The summed E-state index contributed by atoms with van der Waals surface area (Å²) in [4.78, 5) is 30.0. The van der Waals surface area contributed by atoms with E-state index in [1.807, 2.05) is 60.7 Å². The second kappa shape index (κ2) is 15.1. The van der Waals surface area contributed by atoms with Gasteiger partial charge in [-0.15, -0.1) is 0 Å². The van der Waals surface area contributed by atoms with E-state index in [9.17, 15) is 14.7 Å². The van der Waals surface area contributed by atoms with Gasteiger partial charge in [0.15, 0.2) is 6.29 Å². The lowest BCUT2D eigenvalue weighted by Gasteiger charge is -2.43. The van der Waals surface area contributed by atoms with Gasteiger partial charge in [-0.25, -0.2) is 0 Å². The lowest BCUT2D eigenvalue weighted by molar-refractivity contribution is -0.276. The molecule has 7 heteroatoms. The second-order valence-electron chi connectivity index (χ2n) is 14.6. The number of imide groups is 1. The molecule has 1 fully saturated rings. The van der Waals surface area contributed by atoms with Crippen molar-refractivity contribution in [2.45, 2.75) is 51.5 Å². The molecule has 0 aliphatic carbocycles. The molecule has 0 unspecified atom stereocenters.